The number of carbonyl (C=O) groups is 2. The van der Waals surface area contributed by atoms with Crippen LogP contribution < -0.4 is 4.90 Å². The smallest absolute Gasteiger partial charge is 0.299 e. The number of carbonyl (C=O) groups excluding carboxylic acids is 2. The van der Waals surface area contributed by atoms with Gasteiger partial charge in [-0.3, -0.25) is 9.59 Å². The fourth-order valence-corrected chi connectivity index (χ4v) is 2.62. The number of hydrogen-bond acceptors (Lipinski definition) is 2. The second kappa shape index (κ2) is 5.22. The van der Waals surface area contributed by atoms with E-state index in [2.05, 4.69) is 29.8 Å². The zero-order valence-corrected chi connectivity index (χ0v) is 12.2. The summed E-state index contributed by atoms with van der Waals surface area (Å²) < 4.78 is 0.826. The molecule has 2 rings (SSSR count). The predicted octanol–water partition coefficient (Wildman–Crippen LogP) is 3.41. The third-order valence-electron chi connectivity index (χ3n) is 3.53. The van der Waals surface area contributed by atoms with Crippen molar-refractivity contribution in [1.82, 2.24) is 0 Å². The number of nitrogens with zero attached hydrogens (tertiary/aromatic N) is 1. The van der Waals surface area contributed by atoms with Gasteiger partial charge in [-0.2, -0.15) is 0 Å². The van der Waals surface area contributed by atoms with Crippen LogP contribution in [0.2, 0.25) is 0 Å². The lowest BCUT2D eigenvalue weighted by Gasteiger charge is -2.22. The van der Waals surface area contributed by atoms with Crippen molar-refractivity contribution in [3.63, 3.8) is 0 Å². The molecule has 4 heteroatoms. The van der Waals surface area contributed by atoms with Gasteiger partial charge in [-0.1, -0.05) is 42.6 Å². The molecule has 18 heavy (non-hydrogen) atoms. The van der Waals surface area contributed by atoms with E-state index in [0.29, 0.717) is 18.0 Å². The third-order valence-corrected chi connectivity index (χ3v) is 4.02. The SMILES string of the molecule is CCC(CC)CN1C(=O)C(=O)c2cc(Br)ccc21. The highest BCUT2D eigenvalue weighted by Crippen LogP contribution is 2.32. The molecule has 0 unspecified atom stereocenters. The number of fused-ring (bicyclic) bond motifs is 1. The van der Waals surface area contributed by atoms with Gasteiger partial charge < -0.3 is 4.90 Å². The minimum atomic E-state index is -0.394. The van der Waals surface area contributed by atoms with Gasteiger partial charge in [-0.15, -0.1) is 0 Å². The predicted molar refractivity (Wildman–Crippen MR) is 74.9 cm³/mol. The minimum absolute atomic E-state index is 0.391. The van der Waals surface area contributed by atoms with Crippen molar-refractivity contribution >= 4 is 33.3 Å². The van der Waals surface area contributed by atoms with Gasteiger partial charge in [0.2, 0.25) is 0 Å². The summed E-state index contributed by atoms with van der Waals surface area (Å²) >= 11 is 3.33. The Morgan fingerprint density at radius 2 is 1.89 bits per heavy atom. The Balaban J connectivity index is 2.34. The van der Waals surface area contributed by atoms with E-state index in [4.69, 9.17) is 0 Å². The molecule has 0 aromatic heterocycles. The second-order valence-corrected chi connectivity index (χ2v) is 5.50. The summed E-state index contributed by atoms with van der Waals surface area (Å²) in [7, 11) is 0. The van der Waals surface area contributed by atoms with Gasteiger partial charge in [0, 0.05) is 11.0 Å². The van der Waals surface area contributed by atoms with Crippen molar-refractivity contribution in [2.45, 2.75) is 26.7 Å². The summed E-state index contributed by atoms with van der Waals surface area (Å²) in [5.74, 6) is -0.344. The number of amides is 1. The number of rotatable bonds is 4. The van der Waals surface area contributed by atoms with Gasteiger partial charge in [0.15, 0.2) is 0 Å². The van der Waals surface area contributed by atoms with Crippen LogP contribution in [-0.4, -0.2) is 18.2 Å². The van der Waals surface area contributed by atoms with E-state index in [0.717, 1.165) is 23.0 Å². The molecule has 1 heterocycles. The average molecular weight is 310 g/mol. The highest BCUT2D eigenvalue weighted by Gasteiger charge is 2.36. The van der Waals surface area contributed by atoms with E-state index < -0.39 is 11.7 Å². The number of halogens is 1. The number of Topliss-reactive ketones (excluding diaryl/α,β-unsaturated/α-hetero) is 1. The quantitative estimate of drug-likeness (QED) is 0.799. The summed E-state index contributed by atoms with van der Waals surface area (Å²) in [6.07, 6.45) is 2.03. The van der Waals surface area contributed by atoms with Crippen LogP contribution in [0.3, 0.4) is 0 Å². The topological polar surface area (TPSA) is 37.4 Å². The Morgan fingerprint density at radius 3 is 2.50 bits per heavy atom. The van der Waals surface area contributed by atoms with E-state index in [1.165, 1.54) is 0 Å². The fraction of sp³-hybridized carbons (Fsp3) is 0.429. The lowest BCUT2D eigenvalue weighted by atomic mass is 10.0. The molecule has 0 spiro atoms. The van der Waals surface area contributed by atoms with Crippen molar-refractivity contribution in [2.75, 3.05) is 11.4 Å². The first kappa shape index (κ1) is 13.3. The summed E-state index contributed by atoms with van der Waals surface area (Å²) in [6, 6.07) is 5.43. The lowest BCUT2D eigenvalue weighted by Crippen LogP contribution is -2.34. The van der Waals surface area contributed by atoms with E-state index in [-0.39, 0.29) is 0 Å². The molecule has 0 saturated heterocycles. The molecule has 0 N–H and O–H groups in total. The van der Waals surface area contributed by atoms with Crippen LogP contribution in [0, 0.1) is 5.92 Å². The molecule has 0 atom stereocenters. The van der Waals surface area contributed by atoms with Crippen LogP contribution in [0.5, 0.6) is 0 Å². The molecule has 1 aliphatic rings. The Labute approximate surface area is 115 Å². The van der Waals surface area contributed by atoms with Crippen LogP contribution in [0.25, 0.3) is 0 Å². The molecule has 0 fully saturated rings. The number of hydrogen-bond donors (Lipinski definition) is 0. The average Bonchev–Trinajstić information content (AvgIpc) is 2.60. The van der Waals surface area contributed by atoms with Crippen molar-refractivity contribution in [2.24, 2.45) is 5.92 Å². The van der Waals surface area contributed by atoms with Crippen LogP contribution in [0.15, 0.2) is 22.7 Å². The second-order valence-electron chi connectivity index (χ2n) is 4.59. The Hall–Kier alpha value is -1.16. The van der Waals surface area contributed by atoms with E-state index >= 15 is 0 Å². The Bertz CT molecular complexity index is 495. The molecule has 0 aliphatic carbocycles. The number of ketones is 1. The minimum Gasteiger partial charge on any atom is -0.304 e. The third kappa shape index (κ3) is 2.21. The standard InChI is InChI=1S/C14H16BrNO2/c1-3-9(4-2)8-16-12-6-5-10(15)7-11(12)13(17)14(16)18/h5-7,9H,3-4,8H2,1-2H3. The molecule has 1 amide bonds. The maximum absolute atomic E-state index is 12.0. The molecular formula is C14H16BrNO2. The summed E-state index contributed by atoms with van der Waals surface area (Å²) in [5, 5.41) is 0. The van der Waals surface area contributed by atoms with Crippen LogP contribution >= 0.6 is 15.9 Å². The molecule has 0 saturated carbocycles. The molecule has 1 aromatic rings. The van der Waals surface area contributed by atoms with Crippen LogP contribution in [-0.2, 0) is 4.79 Å². The first-order valence-corrected chi connectivity index (χ1v) is 7.03. The zero-order chi connectivity index (χ0) is 13.3. The highest BCUT2D eigenvalue weighted by atomic mass is 79.9. The lowest BCUT2D eigenvalue weighted by molar-refractivity contribution is -0.114. The van der Waals surface area contributed by atoms with Crippen molar-refractivity contribution in [1.29, 1.82) is 0 Å². The van der Waals surface area contributed by atoms with Gasteiger partial charge in [-0.05, 0) is 24.1 Å². The van der Waals surface area contributed by atoms with Crippen molar-refractivity contribution in [3.8, 4) is 0 Å². The summed E-state index contributed by atoms with van der Waals surface area (Å²) in [5.41, 5.74) is 1.26. The first-order chi connectivity index (χ1) is 8.58. The molecular weight excluding hydrogens is 294 g/mol. The monoisotopic (exact) mass is 309 g/mol. The first-order valence-electron chi connectivity index (χ1n) is 6.24. The number of benzene rings is 1. The van der Waals surface area contributed by atoms with Gasteiger partial charge in [-0.25, -0.2) is 0 Å². The normalized spacial score (nSPS) is 14.6. The maximum atomic E-state index is 12.0. The fourth-order valence-electron chi connectivity index (χ4n) is 2.26. The Kier molecular flexibility index (Phi) is 3.85. The Morgan fingerprint density at radius 1 is 1.22 bits per heavy atom. The van der Waals surface area contributed by atoms with Gasteiger partial charge in [0.1, 0.15) is 0 Å². The van der Waals surface area contributed by atoms with Crippen LogP contribution in [0.1, 0.15) is 37.0 Å². The van der Waals surface area contributed by atoms with Gasteiger partial charge >= 0.3 is 0 Å². The zero-order valence-electron chi connectivity index (χ0n) is 10.6. The molecule has 1 aromatic carbocycles. The molecule has 1 aliphatic heterocycles. The largest absolute Gasteiger partial charge is 0.304 e. The van der Waals surface area contributed by atoms with Gasteiger partial charge in [0.05, 0.1) is 11.3 Å². The summed E-state index contributed by atoms with van der Waals surface area (Å²) in [6.45, 7) is 4.85. The summed E-state index contributed by atoms with van der Waals surface area (Å²) in [4.78, 5) is 25.5. The molecule has 0 bridgehead atoms. The van der Waals surface area contributed by atoms with Crippen molar-refractivity contribution < 1.29 is 9.59 Å². The van der Waals surface area contributed by atoms with E-state index in [9.17, 15) is 9.59 Å². The van der Waals surface area contributed by atoms with Gasteiger partial charge in [0.25, 0.3) is 11.7 Å². The van der Waals surface area contributed by atoms with Crippen molar-refractivity contribution in [3.05, 3.63) is 28.2 Å². The molecule has 0 radical (unpaired) electrons. The highest BCUT2D eigenvalue weighted by molar-refractivity contribution is 9.10. The molecule has 3 nitrogen and oxygen atoms in total. The maximum Gasteiger partial charge on any atom is 0.299 e. The van der Waals surface area contributed by atoms with E-state index in [1.54, 1.807) is 11.0 Å². The van der Waals surface area contributed by atoms with E-state index in [1.807, 2.05) is 12.1 Å². The van der Waals surface area contributed by atoms with Crippen LogP contribution in [0.4, 0.5) is 5.69 Å². The molecule has 96 valence electrons. The number of anilines is 1.